The van der Waals surface area contributed by atoms with E-state index in [9.17, 15) is 38.4 Å². The highest BCUT2D eigenvalue weighted by atomic mass is 16.5. The van der Waals surface area contributed by atoms with E-state index in [2.05, 4.69) is 0 Å². The van der Waals surface area contributed by atoms with Gasteiger partial charge in [0, 0.05) is 38.5 Å². The van der Waals surface area contributed by atoms with Crippen molar-refractivity contribution >= 4 is 47.4 Å². The Bertz CT molecular complexity index is 1690. The lowest BCUT2D eigenvalue weighted by Crippen LogP contribution is -2.23. The van der Waals surface area contributed by atoms with Crippen LogP contribution in [0, 0.1) is 11.8 Å². The van der Waals surface area contributed by atoms with Crippen molar-refractivity contribution in [1.29, 1.82) is 0 Å². The molecule has 0 radical (unpaired) electrons. The third kappa shape index (κ3) is 24.1. The summed E-state index contributed by atoms with van der Waals surface area (Å²) in [6.07, 6.45) is -1.58. The van der Waals surface area contributed by atoms with Crippen molar-refractivity contribution in [2.24, 2.45) is 11.8 Å². The van der Waals surface area contributed by atoms with Crippen LogP contribution in [0.25, 0.3) is 0 Å². The zero-order chi connectivity index (χ0) is 40.4. The molecule has 14 heteroatoms. The second-order valence-corrected chi connectivity index (χ2v) is 12.5. The van der Waals surface area contributed by atoms with Gasteiger partial charge in [-0.15, -0.1) is 0 Å². The van der Waals surface area contributed by atoms with Crippen LogP contribution in [0.15, 0.2) is 91.0 Å². The highest BCUT2D eigenvalue weighted by Crippen LogP contribution is 2.19. The molecule has 0 saturated carbocycles. The number of rotatable bonds is 24. The van der Waals surface area contributed by atoms with Gasteiger partial charge in [0.15, 0.2) is 0 Å². The fourth-order valence-electron chi connectivity index (χ4n) is 4.91. The van der Waals surface area contributed by atoms with Crippen LogP contribution < -0.4 is 0 Å². The average molecular weight is 795 g/mol. The summed E-state index contributed by atoms with van der Waals surface area (Å²) in [5.74, 6) is -7.67. The third-order valence-electron chi connectivity index (χ3n) is 7.97. The number of hydrogen-bond acceptors (Lipinski definition) is 11. The van der Waals surface area contributed by atoms with Gasteiger partial charge in [-0.3, -0.25) is 38.4 Å². The van der Waals surface area contributed by atoms with E-state index in [0.717, 1.165) is 16.7 Å². The normalized spacial score (nSPS) is 11.0. The van der Waals surface area contributed by atoms with Gasteiger partial charge in [0.05, 0.1) is 24.7 Å². The number of ketones is 2. The monoisotopic (exact) mass is 794 g/mol. The van der Waals surface area contributed by atoms with Crippen LogP contribution in [0.3, 0.4) is 0 Å². The molecular weight excluding hydrogens is 740 g/mol. The van der Waals surface area contributed by atoms with Crippen LogP contribution in [0.2, 0.25) is 0 Å². The Morgan fingerprint density at radius 2 is 0.807 bits per heavy atom. The zero-order valence-electron chi connectivity index (χ0n) is 30.3. The first-order valence-corrected chi connectivity index (χ1v) is 17.6. The minimum absolute atomic E-state index is 0. The molecule has 57 heavy (non-hydrogen) atoms. The van der Waals surface area contributed by atoms with Crippen LogP contribution in [-0.2, 0) is 72.4 Å². The van der Waals surface area contributed by atoms with Crippen molar-refractivity contribution in [2.45, 2.75) is 98.9 Å². The molecule has 0 aliphatic heterocycles. The van der Waals surface area contributed by atoms with Crippen molar-refractivity contribution in [3.05, 3.63) is 108 Å². The molecule has 2 unspecified atom stereocenters. The van der Waals surface area contributed by atoms with Gasteiger partial charge in [-0.2, -0.15) is 0 Å². The topological polar surface area (TPSA) is 225 Å². The van der Waals surface area contributed by atoms with Crippen LogP contribution in [-0.4, -0.2) is 62.7 Å². The first-order valence-electron chi connectivity index (χ1n) is 17.6. The summed E-state index contributed by atoms with van der Waals surface area (Å²) >= 11 is 0. The van der Waals surface area contributed by atoms with Gasteiger partial charge in [-0.25, -0.2) is 0 Å². The number of carbonyl (C=O) groups is 8. The Morgan fingerprint density at radius 3 is 1.23 bits per heavy atom. The molecular formula is C43H54O14. The number of hydrogen-bond donors (Lipinski definition) is 3. The summed E-state index contributed by atoms with van der Waals surface area (Å²) in [4.78, 5) is 92.2. The van der Waals surface area contributed by atoms with Gasteiger partial charge in [-0.05, 0) is 29.5 Å². The molecule has 310 valence electrons. The first kappa shape index (κ1) is 50.8. The van der Waals surface area contributed by atoms with Crippen molar-refractivity contribution < 1.29 is 67.9 Å². The van der Waals surface area contributed by atoms with E-state index in [4.69, 9.17) is 29.5 Å². The third-order valence-corrected chi connectivity index (χ3v) is 7.97. The number of carbonyl (C=O) groups excluding carboxylic acids is 5. The summed E-state index contributed by atoms with van der Waals surface area (Å²) in [6, 6.07) is 27.7. The molecule has 0 aliphatic rings. The fraction of sp³-hybridized carbons (Fsp3) is 0.395. The van der Waals surface area contributed by atoms with Gasteiger partial charge in [0.2, 0.25) is 0 Å². The molecule has 0 bridgehead atoms. The molecule has 0 spiro atoms. The summed E-state index contributed by atoms with van der Waals surface area (Å²) in [5.41, 5.74) is 2.52. The van der Waals surface area contributed by atoms with Gasteiger partial charge in [0.25, 0.3) is 0 Å². The molecule has 0 amide bonds. The summed E-state index contributed by atoms with van der Waals surface area (Å²) in [7, 11) is 0. The molecule has 0 aromatic heterocycles. The molecule has 3 N–H and O–H groups in total. The van der Waals surface area contributed by atoms with Crippen LogP contribution in [0.5, 0.6) is 0 Å². The number of carboxylic acids is 3. The predicted octanol–water partition coefficient (Wildman–Crippen LogP) is 7.00. The second kappa shape index (κ2) is 29.2. The maximum Gasteiger partial charge on any atom is 0.309 e. The number of Topliss-reactive ketones (excluding diaryl/α,β-unsaturated/α-hetero) is 2. The molecule has 0 aliphatic carbocycles. The van der Waals surface area contributed by atoms with Gasteiger partial charge >= 0.3 is 35.8 Å². The van der Waals surface area contributed by atoms with Crippen LogP contribution >= 0.6 is 0 Å². The van der Waals surface area contributed by atoms with E-state index in [1.165, 1.54) is 0 Å². The molecule has 0 saturated heterocycles. The lowest BCUT2D eigenvalue weighted by molar-refractivity contribution is -0.153. The quantitative estimate of drug-likeness (QED) is 0.0613. The van der Waals surface area contributed by atoms with Crippen molar-refractivity contribution in [2.75, 3.05) is 0 Å². The summed E-state index contributed by atoms with van der Waals surface area (Å²) < 4.78 is 15.9. The number of ether oxygens (including phenoxy) is 3. The Labute approximate surface area is 333 Å². The standard InChI is InChI=1S/C31H32O7.C10H14O7.2CH4/c32-28(17-19-30(34)37-22-25-12-6-2-7-13-25)20-27(31(35)38-23-26-14-8-3-9-15-26)16-18-29(33)36-21-24-10-4-1-5-11-24;11-7(2-4-9(14)15)5-6(10(16)17)1-3-8(12)13;;/h1-15,27H,16-23H2;6H,1-5H2,(H,12,13)(H,14,15)(H,16,17);2*1H4. The van der Waals surface area contributed by atoms with Gasteiger partial charge in [-0.1, -0.05) is 106 Å². The van der Waals surface area contributed by atoms with Crippen molar-refractivity contribution in [1.82, 2.24) is 0 Å². The molecule has 3 aromatic carbocycles. The highest BCUT2D eigenvalue weighted by Gasteiger charge is 2.26. The smallest absolute Gasteiger partial charge is 0.309 e. The van der Waals surface area contributed by atoms with E-state index in [1.54, 1.807) is 0 Å². The molecule has 0 heterocycles. The maximum atomic E-state index is 12.8. The Morgan fingerprint density at radius 1 is 0.439 bits per heavy atom. The SMILES string of the molecule is C.C.O=C(CCC(=O)OCc1ccccc1)CC(CCC(=O)OCc1ccccc1)C(=O)OCc1ccccc1.O=C(O)CCC(=O)CC(CCC(=O)O)C(=O)O. The number of aliphatic carboxylic acids is 3. The fourth-order valence-corrected chi connectivity index (χ4v) is 4.91. The molecule has 0 fully saturated rings. The zero-order valence-corrected chi connectivity index (χ0v) is 30.3. The minimum atomic E-state index is -1.24. The highest BCUT2D eigenvalue weighted by molar-refractivity contribution is 5.87. The van der Waals surface area contributed by atoms with E-state index < -0.39 is 53.4 Å². The maximum absolute atomic E-state index is 12.8. The molecule has 3 rings (SSSR count). The number of benzene rings is 3. The van der Waals surface area contributed by atoms with Crippen molar-refractivity contribution in [3.8, 4) is 0 Å². The molecule has 2 atom stereocenters. The number of esters is 3. The first-order chi connectivity index (χ1) is 26.3. The summed E-state index contributed by atoms with van der Waals surface area (Å²) in [5, 5.41) is 25.5. The van der Waals surface area contributed by atoms with E-state index >= 15 is 0 Å². The average Bonchev–Trinajstić information content (AvgIpc) is 3.18. The van der Waals surface area contributed by atoms with E-state index in [0.29, 0.717) is 0 Å². The molecule has 3 aromatic rings. The van der Waals surface area contributed by atoms with E-state index in [1.807, 2.05) is 91.0 Å². The molecule has 14 nitrogen and oxygen atoms in total. The minimum Gasteiger partial charge on any atom is -0.481 e. The Balaban J connectivity index is 0.00000140. The van der Waals surface area contributed by atoms with Crippen LogP contribution in [0.4, 0.5) is 0 Å². The Kier molecular flexibility index (Phi) is 26.0. The Hall–Kier alpha value is -6.18. The lowest BCUT2D eigenvalue weighted by Gasteiger charge is -2.15. The lowest BCUT2D eigenvalue weighted by atomic mass is 9.95. The van der Waals surface area contributed by atoms with Gasteiger partial charge in [0.1, 0.15) is 31.4 Å². The van der Waals surface area contributed by atoms with Gasteiger partial charge < -0.3 is 29.5 Å². The summed E-state index contributed by atoms with van der Waals surface area (Å²) in [6.45, 7) is 0.328. The van der Waals surface area contributed by atoms with E-state index in [-0.39, 0.29) is 105 Å². The largest absolute Gasteiger partial charge is 0.481 e. The number of carboxylic acid groups (broad SMARTS) is 3. The predicted molar refractivity (Wildman–Crippen MR) is 208 cm³/mol. The van der Waals surface area contributed by atoms with Crippen LogP contribution in [0.1, 0.15) is 95.8 Å². The second-order valence-electron chi connectivity index (χ2n) is 12.5. The van der Waals surface area contributed by atoms with Crippen molar-refractivity contribution in [3.63, 3.8) is 0 Å².